The van der Waals surface area contributed by atoms with Crippen molar-refractivity contribution in [1.29, 1.82) is 0 Å². The number of nitrogens with one attached hydrogen (secondary N) is 1. The summed E-state index contributed by atoms with van der Waals surface area (Å²) < 4.78 is 30.8. The standard InChI is InChI=1S/C11H17NO3S/c1-11(9-12-2,16(13,14)15)8-10-6-4-3-5-7-10/h3-7,12H,8-9H2,1-2H3,(H,13,14,15). The number of rotatable bonds is 5. The average Bonchev–Trinajstić information content (AvgIpc) is 2.17. The minimum Gasteiger partial charge on any atom is -0.318 e. The maximum Gasteiger partial charge on any atom is 0.271 e. The van der Waals surface area contributed by atoms with E-state index in [-0.39, 0.29) is 13.0 Å². The predicted molar refractivity (Wildman–Crippen MR) is 64.0 cm³/mol. The zero-order valence-electron chi connectivity index (χ0n) is 9.47. The Hall–Kier alpha value is -0.910. The van der Waals surface area contributed by atoms with Gasteiger partial charge in [0.2, 0.25) is 0 Å². The minimum atomic E-state index is -4.09. The van der Waals surface area contributed by atoms with Crippen molar-refractivity contribution in [3.63, 3.8) is 0 Å². The minimum absolute atomic E-state index is 0.209. The number of benzene rings is 1. The van der Waals surface area contributed by atoms with E-state index in [0.29, 0.717) is 0 Å². The maximum absolute atomic E-state index is 11.4. The molecular weight excluding hydrogens is 226 g/mol. The summed E-state index contributed by atoms with van der Waals surface area (Å²) in [5.41, 5.74) is 0.887. The van der Waals surface area contributed by atoms with Crippen molar-refractivity contribution in [3.8, 4) is 0 Å². The van der Waals surface area contributed by atoms with Crippen molar-refractivity contribution >= 4 is 10.1 Å². The average molecular weight is 243 g/mol. The first-order valence-electron chi connectivity index (χ1n) is 5.04. The molecule has 0 aliphatic carbocycles. The van der Waals surface area contributed by atoms with E-state index in [4.69, 9.17) is 0 Å². The molecule has 0 aliphatic heterocycles. The molecule has 1 aromatic rings. The highest BCUT2D eigenvalue weighted by Crippen LogP contribution is 2.21. The molecule has 1 atom stereocenters. The monoisotopic (exact) mass is 243 g/mol. The van der Waals surface area contributed by atoms with Crippen molar-refractivity contribution in [3.05, 3.63) is 35.9 Å². The molecule has 5 heteroatoms. The Morgan fingerprint density at radius 3 is 2.31 bits per heavy atom. The van der Waals surface area contributed by atoms with Crippen LogP contribution in [0.15, 0.2) is 30.3 Å². The Morgan fingerprint density at radius 2 is 1.88 bits per heavy atom. The van der Waals surface area contributed by atoms with Crippen LogP contribution in [-0.4, -0.2) is 31.3 Å². The third-order valence-corrected chi connectivity index (χ3v) is 4.13. The van der Waals surface area contributed by atoms with Gasteiger partial charge in [0, 0.05) is 6.54 Å². The summed E-state index contributed by atoms with van der Waals surface area (Å²) in [6, 6.07) is 9.25. The molecule has 0 aliphatic rings. The van der Waals surface area contributed by atoms with Crippen molar-refractivity contribution in [2.24, 2.45) is 0 Å². The SMILES string of the molecule is CNCC(C)(Cc1ccccc1)S(=O)(=O)O. The second-order valence-electron chi connectivity index (χ2n) is 4.12. The van der Waals surface area contributed by atoms with Crippen LogP contribution in [0.2, 0.25) is 0 Å². The quantitative estimate of drug-likeness (QED) is 0.760. The van der Waals surface area contributed by atoms with E-state index in [0.717, 1.165) is 5.56 Å². The van der Waals surface area contributed by atoms with Gasteiger partial charge in [0.05, 0.1) is 0 Å². The number of hydrogen-bond acceptors (Lipinski definition) is 3. The van der Waals surface area contributed by atoms with Crippen LogP contribution in [0.3, 0.4) is 0 Å². The highest BCUT2D eigenvalue weighted by Gasteiger charge is 2.37. The predicted octanol–water partition coefficient (Wildman–Crippen LogP) is 1.10. The smallest absolute Gasteiger partial charge is 0.271 e. The largest absolute Gasteiger partial charge is 0.318 e. The first-order valence-corrected chi connectivity index (χ1v) is 6.48. The summed E-state index contributed by atoms with van der Waals surface area (Å²) in [4.78, 5) is 0. The van der Waals surface area contributed by atoms with Crippen LogP contribution < -0.4 is 5.32 Å². The van der Waals surface area contributed by atoms with Gasteiger partial charge >= 0.3 is 0 Å². The van der Waals surface area contributed by atoms with Gasteiger partial charge in [0.25, 0.3) is 10.1 Å². The molecular formula is C11H17NO3S. The first kappa shape index (κ1) is 13.2. The van der Waals surface area contributed by atoms with Crippen molar-refractivity contribution in [1.82, 2.24) is 5.32 Å². The van der Waals surface area contributed by atoms with E-state index in [1.807, 2.05) is 30.3 Å². The van der Waals surface area contributed by atoms with Crippen LogP contribution in [0, 0.1) is 0 Å². The van der Waals surface area contributed by atoms with Crippen LogP contribution in [0.4, 0.5) is 0 Å². The molecule has 0 amide bonds. The fraction of sp³-hybridized carbons (Fsp3) is 0.455. The molecule has 0 spiro atoms. The fourth-order valence-electron chi connectivity index (χ4n) is 1.65. The summed E-state index contributed by atoms with van der Waals surface area (Å²) in [7, 11) is -2.43. The van der Waals surface area contributed by atoms with E-state index in [9.17, 15) is 13.0 Å². The van der Waals surface area contributed by atoms with Crippen molar-refractivity contribution < 1.29 is 13.0 Å². The lowest BCUT2D eigenvalue weighted by Gasteiger charge is -2.25. The molecule has 1 unspecified atom stereocenters. The summed E-state index contributed by atoms with van der Waals surface area (Å²) >= 11 is 0. The summed E-state index contributed by atoms with van der Waals surface area (Å²) in [5.74, 6) is 0. The normalized spacial score (nSPS) is 15.7. The Bertz CT molecular complexity index is 430. The fourth-order valence-corrected chi connectivity index (χ4v) is 2.32. The van der Waals surface area contributed by atoms with Gasteiger partial charge < -0.3 is 5.32 Å². The maximum atomic E-state index is 11.4. The van der Waals surface area contributed by atoms with Gasteiger partial charge in [-0.25, -0.2) is 0 Å². The van der Waals surface area contributed by atoms with Crippen LogP contribution in [0.5, 0.6) is 0 Å². The van der Waals surface area contributed by atoms with E-state index >= 15 is 0 Å². The van der Waals surface area contributed by atoms with Gasteiger partial charge in [-0.05, 0) is 26.0 Å². The first-order chi connectivity index (χ1) is 7.39. The second kappa shape index (κ2) is 4.95. The lowest BCUT2D eigenvalue weighted by atomic mass is 10.0. The molecule has 0 saturated carbocycles. The third-order valence-electron chi connectivity index (χ3n) is 2.59. The van der Waals surface area contributed by atoms with Gasteiger partial charge in [0.1, 0.15) is 4.75 Å². The highest BCUT2D eigenvalue weighted by molar-refractivity contribution is 7.87. The molecule has 4 nitrogen and oxygen atoms in total. The van der Waals surface area contributed by atoms with Gasteiger partial charge in [-0.15, -0.1) is 0 Å². The highest BCUT2D eigenvalue weighted by atomic mass is 32.2. The topological polar surface area (TPSA) is 66.4 Å². The lowest BCUT2D eigenvalue weighted by molar-refractivity contribution is 0.422. The van der Waals surface area contributed by atoms with Crippen LogP contribution in [-0.2, 0) is 16.5 Å². The second-order valence-corrected chi connectivity index (χ2v) is 6.05. The molecule has 0 aromatic heterocycles. The zero-order chi connectivity index (χ0) is 12.2. The molecule has 0 fully saturated rings. The molecule has 90 valence electrons. The molecule has 16 heavy (non-hydrogen) atoms. The lowest BCUT2D eigenvalue weighted by Crippen LogP contribution is -2.45. The van der Waals surface area contributed by atoms with E-state index < -0.39 is 14.9 Å². The Labute approximate surface area is 96.4 Å². The molecule has 0 heterocycles. The van der Waals surface area contributed by atoms with E-state index in [1.165, 1.54) is 6.92 Å². The molecule has 0 saturated heterocycles. The summed E-state index contributed by atoms with van der Waals surface area (Å²) in [6.45, 7) is 1.74. The number of hydrogen-bond donors (Lipinski definition) is 2. The van der Waals surface area contributed by atoms with Gasteiger partial charge in [0.15, 0.2) is 0 Å². The summed E-state index contributed by atoms with van der Waals surface area (Å²) in [5, 5.41) is 2.80. The summed E-state index contributed by atoms with van der Waals surface area (Å²) in [6.07, 6.45) is 0.285. The van der Waals surface area contributed by atoms with E-state index in [2.05, 4.69) is 5.32 Å². The van der Waals surface area contributed by atoms with Crippen LogP contribution in [0.1, 0.15) is 12.5 Å². The van der Waals surface area contributed by atoms with Crippen molar-refractivity contribution in [2.75, 3.05) is 13.6 Å². The molecule has 2 N–H and O–H groups in total. The van der Waals surface area contributed by atoms with Crippen LogP contribution >= 0.6 is 0 Å². The van der Waals surface area contributed by atoms with E-state index in [1.54, 1.807) is 7.05 Å². The third kappa shape index (κ3) is 3.04. The van der Waals surface area contributed by atoms with Crippen LogP contribution in [0.25, 0.3) is 0 Å². The molecule has 0 radical (unpaired) electrons. The Kier molecular flexibility index (Phi) is 4.07. The zero-order valence-corrected chi connectivity index (χ0v) is 10.3. The van der Waals surface area contributed by atoms with Crippen molar-refractivity contribution in [2.45, 2.75) is 18.1 Å². The Balaban J connectivity index is 2.97. The molecule has 1 aromatic carbocycles. The molecule has 1 rings (SSSR count). The Morgan fingerprint density at radius 1 is 1.31 bits per heavy atom. The van der Waals surface area contributed by atoms with Gasteiger partial charge in [-0.1, -0.05) is 30.3 Å². The van der Waals surface area contributed by atoms with Gasteiger partial charge in [-0.2, -0.15) is 8.42 Å². The molecule has 0 bridgehead atoms. The van der Waals surface area contributed by atoms with Gasteiger partial charge in [-0.3, -0.25) is 4.55 Å².